The van der Waals surface area contributed by atoms with Gasteiger partial charge in [0.15, 0.2) is 12.6 Å². The first-order chi connectivity index (χ1) is 12.9. The molecule has 0 aliphatic rings. The average Bonchev–Trinajstić information content (AvgIpc) is 2.38. The lowest BCUT2D eigenvalue weighted by atomic mass is 10.2. The minimum absolute atomic E-state index is 0.0298. The second-order valence-corrected chi connectivity index (χ2v) is 17.8. The predicted molar refractivity (Wildman–Crippen MR) is 132 cm³/mol. The predicted octanol–water partition coefficient (Wildman–Crippen LogP) is 5.23. The first kappa shape index (κ1) is 29.3. The molecule has 0 aromatic rings. The maximum atomic E-state index is 6.14. The van der Waals surface area contributed by atoms with Crippen LogP contribution in [0.2, 0.25) is 17.8 Å². The van der Waals surface area contributed by atoms with E-state index in [1.165, 1.54) is 17.8 Å². The molecule has 0 fully saturated rings. The molecule has 0 amide bonds. The van der Waals surface area contributed by atoms with Gasteiger partial charge in [-0.05, 0) is 95.9 Å². The number of hydrogen-bond acceptors (Lipinski definition) is 4. The molecular weight excluding hydrogens is 396 g/mol. The van der Waals surface area contributed by atoms with E-state index in [9.17, 15) is 0 Å². The van der Waals surface area contributed by atoms with Crippen LogP contribution in [-0.4, -0.2) is 54.0 Å². The van der Waals surface area contributed by atoms with E-state index in [1.807, 2.05) is 0 Å². The highest BCUT2D eigenvalue weighted by atomic mass is 28.3. The zero-order valence-electron chi connectivity index (χ0n) is 21.7. The summed E-state index contributed by atoms with van der Waals surface area (Å²) in [7, 11) is -0.0597. The molecule has 29 heavy (non-hydrogen) atoms. The second-order valence-electron chi connectivity index (χ2n) is 12.1. The molecule has 0 aliphatic heterocycles. The van der Waals surface area contributed by atoms with Crippen LogP contribution in [0.25, 0.3) is 0 Å². The Hall–Kier alpha value is 0.274. The van der Waals surface area contributed by atoms with Crippen LogP contribution in [0, 0.1) is 0 Å². The van der Waals surface area contributed by atoms with Crippen LogP contribution in [0.3, 0.4) is 0 Å². The molecule has 0 radical (unpaired) electrons. The third-order valence-corrected chi connectivity index (χ3v) is 9.64. The standard InChI is InChI=1S/C23H52O4Si2/c1-20(2,3)24-18(25-21(4,5)6)13-15-28-17-29-16-14-19(26-22(7,8)9)27-23(10,11)12/h18-19H,13-17,28-29H2,1-12H3. The Balaban J connectivity index is 4.23. The minimum Gasteiger partial charge on any atom is -0.347 e. The molecule has 0 aliphatic carbocycles. The van der Waals surface area contributed by atoms with E-state index in [1.54, 1.807) is 0 Å². The zero-order chi connectivity index (χ0) is 22.9. The molecule has 4 nitrogen and oxygen atoms in total. The van der Waals surface area contributed by atoms with Gasteiger partial charge in [-0.3, -0.25) is 0 Å². The van der Waals surface area contributed by atoms with E-state index >= 15 is 0 Å². The summed E-state index contributed by atoms with van der Waals surface area (Å²) in [6.45, 7) is 25.2. The van der Waals surface area contributed by atoms with Crippen LogP contribution >= 0.6 is 0 Å². The topological polar surface area (TPSA) is 36.9 Å². The van der Waals surface area contributed by atoms with E-state index in [-0.39, 0.29) is 54.0 Å². The van der Waals surface area contributed by atoms with Crippen LogP contribution in [0.5, 0.6) is 0 Å². The van der Waals surface area contributed by atoms with Crippen molar-refractivity contribution in [1.29, 1.82) is 0 Å². The van der Waals surface area contributed by atoms with E-state index in [0.717, 1.165) is 12.8 Å². The Morgan fingerprint density at radius 3 is 0.931 bits per heavy atom. The molecule has 176 valence electrons. The largest absolute Gasteiger partial charge is 0.347 e. The van der Waals surface area contributed by atoms with Crippen LogP contribution in [-0.2, 0) is 18.9 Å². The lowest BCUT2D eigenvalue weighted by Crippen LogP contribution is -2.35. The quantitative estimate of drug-likeness (QED) is 0.233. The SMILES string of the molecule is CC(C)(C)OC(CC[SiH2]C[SiH2]CCC(OC(C)(C)C)OC(C)(C)C)OC(C)(C)C. The van der Waals surface area contributed by atoms with Gasteiger partial charge >= 0.3 is 0 Å². The van der Waals surface area contributed by atoms with Crippen molar-refractivity contribution < 1.29 is 18.9 Å². The summed E-state index contributed by atoms with van der Waals surface area (Å²) in [5.74, 6) is 0. The van der Waals surface area contributed by atoms with Gasteiger partial charge in [0, 0.05) is 19.0 Å². The summed E-state index contributed by atoms with van der Waals surface area (Å²) in [6.07, 6.45) is 1.87. The molecule has 6 heteroatoms. The molecule has 0 aromatic heterocycles. The lowest BCUT2D eigenvalue weighted by Gasteiger charge is -2.33. The van der Waals surface area contributed by atoms with Gasteiger partial charge in [-0.1, -0.05) is 17.8 Å². The highest BCUT2D eigenvalue weighted by Gasteiger charge is 2.25. The fraction of sp³-hybridized carbons (Fsp3) is 1.00. The van der Waals surface area contributed by atoms with Crippen molar-refractivity contribution in [2.24, 2.45) is 0 Å². The van der Waals surface area contributed by atoms with E-state index in [4.69, 9.17) is 18.9 Å². The van der Waals surface area contributed by atoms with Crippen LogP contribution in [0.15, 0.2) is 0 Å². The summed E-state index contributed by atoms with van der Waals surface area (Å²) in [6, 6.07) is 2.59. The summed E-state index contributed by atoms with van der Waals surface area (Å²) in [4.78, 5) is 0. The van der Waals surface area contributed by atoms with Gasteiger partial charge in [-0.15, -0.1) is 0 Å². The second kappa shape index (κ2) is 12.3. The number of ether oxygens (including phenoxy) is 4. The lowest BCUT2D eigenvalue weighted by molar-refractivity contribution is -0.234. The Morgan fingerprint density at radius 2 is 0.724 bits per heavy atom. The van der Waals surface area contributed by atoms with Gasteiger partial charge in [0.2, 0.25) is 0 Å². The fourth-order valence-electron chi connectivity index (χ4n) is 3.01. The summed E-state index contributed by atoms with van der Waals surface area (Å²) < 4.78 is 24.6. The normalized spacial score (nSPS) is 15.1. The first-order valence-corrected chi connectivity index (χ1v) is 15.6. The average molecular weight is 449 g/mol. The molecule has 0 saturated carbocycles. The monoisotopic (exact) mass is 448 g/mol. The fourth-order valence-corrected chi connectivity index (χ4v) is 8.50. The zero-order valence-corrected chi connectivity index (χ0v) is 24.6. The van der Waals surface area contributed by atoms with Gasteiger partial charge < -0.3 is 18.9 Å². The van der Waals surface area contributed by atoms with Gasteiger partial charge in [-0.2, -0.15) is 0 Å². The van der Waals surface area contributed by atoms with Crippen molar-refractivity contribution in [2.45, 2.75) is 149 Å². The van der Waals surface area contributed by atoms with Crippen molar-refractivity contribution in [2.75, 3.05) is 0 Å². The van der Waals surface area contributed by atoms with Gasteiger partial charge in [0.1, 0.15) is 0 Å². The van der Waals surface area contributed by atoms with Crippen molar-refractivity contribution in [3.8, 4) is 0 Å². The van der Waals surface area contributed by atoms with Crippen LogP contribution in [0.4, 0.5) is 0 Å². The van der Waals surface area contributed by atoms with Crippen molar-refractivity contribution in [3.05, 3.63) is 0 Å². The maximum absolute atomic E-state index is 6.14. The molecule has 0 N–H and O–H groups in total. The molecule has 0 saturated heterocycles. The number of rotatable bonds is 12. The summed E-state index contributed by atoms with van der Waals surface area (Å²) in [5.41, 5.74) is 0.834. The molecule has 0 spiro atoms. The third-order valence-electron chi connectivity index (χ3n) is 3.82. The van der Waals surface area contributed by atoms with Crippen molar-refractivity contribution >= 4 is 19.0 Å². The van der Waals surface area contributed by atoms with Crippen LogP contribution < -0.4 is 0 Å². The Labute approximate surface area is 186 Å². The van der Waals surface area contributed by atoms with Gasteiger partial charge in [-0.25, -0.2) is 0 Å². The number of hydrogen-bond donors (Lipinski definition) is 0. The van der Waals surface area contributed by atoms with E-state index < -0.39 is 0 Å². The highest BCUT2D eigenvalue weighted by Crippen LogP contribution is 2.22. The Bertz CT molecular complexity index is 356. The van der Waals surface area contributed by atoms with Gasteiger partial charge in [0.25, 0.3) is 0 Å². The van der Waals surface area contributed by atoms with E-state index in [0.29, 0.717) is 0 Å². The Morgan fingerprint density at radius 1 is 0.483 bits per heavy atom. The molecule has 0 rings (SSSR count). The van der Waals surface area contributed by atoms with Crippen molar-refractivity contribution in [3.63, 3.8) is 0 Å². The Kier molecular flexibility index (Phi) is 12.5. The molecular formula is C23H52O4Si2. The maximum Gasteiger partial charge on any atom is 0.158 e. The molecule has 0 heterocycles. The molecule has 0 atom stereocenters. The smallest absolute Gasteiger partial charge is 0.158 e. The highest BCUT2D eigenvalue weighted by molar-refractivity contribution is 6.55. The third kappa shape index (κ3) is 21.3. The first-order valence-electron chi connectivity index (χ1n) is 11.6. The summed E-state index contributed by atoms with van der Waals surface area (Å²) in [5, 5.41) is 0. The van der Waals surface area contributed by atoms with E-state index in [2.05, 4.69) is 83.1 Å². The van der Waals surface area contributed by atoms with Gasteiger partial charge in [0.05, 0.1) is 22.4 Å². The molecule has 0 bridgehead atoms. The van der Waals surface area contributed by atoms with Crippen LogP contribution in [0.1, 0.15) is 95.9 Å². The molecule has 0 unspecified atom stereocenters. The van der Waals surface area contributed by atoms with Crippen molar-refractivity contribution in [1.82, 2.24) is 0 Å². The summed E-state index contributed by atoms with van der Waals surface area (Å²) >= 11 is 0. The molecule has 0 aromatic carbocycles. The minimum atomic E-state index is -0.165.